The largest absolute Gasteiger partial charge is 0.477 e. The van der Waals surface area contributed by atoms with Crippen molar-refractivity contribution in [1.29, 1.82) is 0 Å². The van der Waals surface area contributed by atoms with Gasteiger partial charge in [0.2, 0.25) is 47.7 Å². The first-order valence-corrected chi connectivity index (χ1v) is 46.2. The third kappa shape index (κ3) is 25.5. The molecule has 0 aromatic rings. The second-order valence-electron chi connectivity index (χ2n) is 37.2. The average molecular weight is 2160 g/mol. The molecule has 66 nitrogen and oxygen atoms in total. The van der Waals surface area contributed by atoms with Gasteiger partial charge in [-0.05, 0) is 13.8 Å². The first-order valence-electron chi connectivity index (χ1n) is 46.2. The highest BCUT2D eigenvalue weighted by atomic mass is 16.8. The summed E-state index contributed by atoms with van der Waals surface area (Å²) in [6.45, 7) is -6.59. The van der Waals surface area contributed by atoms with Crippen LogP contribution in [0.4, 0.5) is 0 Å². The number of rotatable bonds is 40. The Labute approximate surface area is 830 Å². The third-order valence-electron chi connectivity index (χ3n) is 26.9. The first-order chi connectivity index (χ1) is 69.0. The lowest BCUT2D eigenvalue weighted by Gasteiger charge is -2.55. The highest BCUT2D eigenvalue weighted by Crippen LogP contribution is 2.47. The van der Waals surface area contributed by atoms with E-state index < -0.39 is 456 Å². The van der Waals surface area contributed by atoms with E-state index in [1.807, 2.05) is 10.6 Å². The van der Waals surface area contributed by atoms with Gasteiger partial charge in [-0.1, -0.05) is 0 Å². The fourth-order valence-corrected chi connectivity index (χ4v) is 19.0. The number of carbonyl (C=O) groups is 6. The minimum absolute atomic E-state index is 0.688. The van der Waals surface area contributed by atoms with Crippen molar-refractivity contribution in [2.24, 2.45) is 0 Å². The van der Waals surface area contributed by atoms with Gasteiger partial charge in [0.25, 0.3) is 11.6 Å². The van der Waals surface area contributed by atoms with Crippen LogP contribution in [-0.4, -0.2) is 624 Å². The van der Waals surface area contributed by atoms with E-state index in [4.69, 9.17) is 104 Å². The molecule has 0 saturated carbocycles. The monoisotopic (exact) mass is 2150 g/mol. The number of hydrogen-bond donors (Lipinski definition) is 38. The SMILES string of the molecule is CO[C@H]1O[C@H](CO[C@H]2O[C@H](CO)[C@@H](O)[C@H](O)[C@@H]2O[C@@H]2O[C@H](CO)[C@@H](O[C@@H]3O[C@H](CO)[C@H](O)[C@H](O[C@]4(C(=O)O)C[C@H](O)[C@@H](NC(C)=O)[C@H]([C@H](O)[C@H](O)CO)O4)[C@H]3O)[C@H](O[C@@H]3O[C@@H](C)[C@H](O)[C@@H](O)[C@H]3O)[C@]2(O)NC(C)=O)[C@@H](O)[C@H](O[C@H]2O[C@H](CO)[C@@H](O)[C@H](O)[C@@H]2O[C@@H]2O[C@H](CO)[C@@H](O[C@@H]3O[C@H](CO)[C@H](O)[C@H](O[C@]4(C(=O)O)C[C@H](O)[C@@H](NC(C)=O)[C@H]([C@H](O)[C@H](O)CO)O4)[C@H]3O)[C@H](O[C@@H]3O[C@@H](C)[C@H](O)[C@@H](O)[C@H]3O)[C@]2(O)NC(C)=O)[C@@H]1O. The molecule has 11 fully saturated rings. The van der Waals surface area contributed by atoms with Crippen LogP contribution in [0.1, 0.15) is 54.4 Å². The molecule has 11 aliphatic rings. The predicted octanol–water partition coefficient (Wildman–Crippen LogP) is -24.6. The van der Waals surface area contributed by atoms with Gasteiger partial charge < -0.3 is 299 Å². The van der Waals surface area contributed by atoms with E-state index in [1.54, 1.807) is 0 Å². The predicted molar refractivity (Wildman–Crippen MR) is 447 cm³/mol. The Morgan fingerprint density at radius 3 is 0.993 bits per heavy atom. The maximum atomic E-state index is 13.8. The highest BCUT2D eigenvalue weighted by Gasteiger charge is 2.70. The van der Waals surface area contributed by atoms with Crippen molar-refractivity contribution < 1.29 is 307 Å². The molecule has 0 spiro atoms. The Balaban J connectivity index is 0.904. The highest BCUT2D eigenvalue weighted by molar-refractivity contribution is 5.78. The molecule has 11 aliphatic heterocycles. The Kier molecular flexibility index (Phi) is 42.0. The van der Waals surface area contributed by atoms with Crippen molar-refractivity contribution in [2.45, 2.75) is 402 Å². The van der Waals surface area contributed by atoms with Crippen LogP contribution in [0.3, 0.4) is 0 Å². The second kappa shape index (κ2) is 50.7. The quantitative estimate of drug-likeness (QED) is 0.0253. The van der Waals surface area contributed by atoms with Gasteiger partial charge in [0, 0.05) is 47.6 Å². The standard InChI is InChI=1S/C81H134N4O62/c1-19-38(102)47(111)51(115)68(128-19)142-65-56(137-70-54(118)61(44(108)31(14-90)130-70)146-78(74(120)121)8-25(98)36(82-21(3)94)58(144-78)40(104)27(100)10-86)33(16-92)135-76(80(65,124)84-23(5)96)140-63-49(113)42(106)29(12-88)132-72(63)127-18-35-46(110)60(53(117)67(126-7)134-35)139-73-64(50(114)43(107)30(13-89)133-73)141-77-81(125,85-24(6)97)66(143-69-52(116)48(112)39(103)20(2)129-69)57(34(17-93)136-77)138-71-55(119)62(45(109)32(15-91)131-71)147-79(75(122)123)9-26(99)37(83-22(4)95)59(145-79)41(105)28(101)11-87/h19-20,25-73,76-77,86-93,98-119,124-125H,8-18H2,1-7H3,(H,82,94)(H,83,95)(H,84,96)(H,85,97)(H,120,121)(H,122,123)/t19-,20-,25-,26-,27+,28+,29+,30+,31+,32+,33+,34+,35+,36+,37+,38-,39-,40+,41+,42+,43+,44-,45-,46+,47+,48+,49-,50-,51+,52+,53-,54+,55+,56+,57+,58+,59+,60-,61-,62-,63-,64-,65-,66-,67-,68-,69-,70-,71-,72-,73+,76-,77-,78-,79-,80+,81+/m0/s1. The van der Waals surface area contributed by atoms with Crippen LogP contribution < -0.4 is 21.3 Å². The van der Waals surface area contributed by atoms with E-state index in [9.17, 15) is 202 Å². The van der Waals surface area contributed by atoms with Crippen LogP contribution in [0.2, 0.25) is 0 Å². The fraction of sp³-hybridized carbons (Fsp3) is 0.926. The van der Waals surface area contributed by atoms with Gasteiger partial charge in [0.1, 0.15) is 232 Å². The Morgan fingerprint density at radius 2 is 0.653 bits per heavy atom. The maximum Gasteiger partial charge on any atom is 0.364 e. The number of ether oxygens (including phenoxy) is 22. The zero-order chi connectivity index (χ0) is 109. The van der Waals surface area contributed by atoms with Gasteiger partial charge in [-0.25, -0.2) is 9.59 Å². The maximum absolute atomic E-state index is 13.8. The smallest absolute Gasteiger partial charge is 0.364 e. The summed E-state index contributed by atoms with van der Waals surface area (Å²) >= 11 is 0. The van der Waals surface area contributed by atoms with Crippen LogP contribution in [0.25, 0.3) is 0 Å². The fourth-order valence-electron chi connectivity index (χ4n) is 19.0. The van der Waals surface area contributed by atoms with Crippen molar-refractivity contribution in [3.63, 3.8) is 0 Å². The summed E-state index contributed by atoms with van der Waals surface area (Å²) in [5.41, 5.74) is -7.42. The molecule has 0 aliphatic carbocycles. The normalized spacial score (nSPS) is 48.3. The number of amides is 4. The molecule has 11 heterocycles. The van der Waals surface area contributed by atoms with E-state index in [2.05, 4.69) is 10.6 Å². The van der Waals surface area contributed by atoms with Gasteiger partial charge in [-0.2, -0.15) is 0 Å². The molecule has 66 heteroatoms. The van der Waals surface area contributed by atoms with Gasteiger partial charge in [0.05, 0.1) is 96.0 Å². The lowest BCUT2D eigenvalue weighted by atomic mass is 9.88. The molecule has 57 atom stereocenters. The summed E-state index contributed by atoms with van der Waals surface area (Å²) in [5, 5.41) is 396. The van der Waals surface area contributed by atoms with Crippen molar-refractivity contribution in [1.82, 2.24) is 21.3 Å². The lowest BCUT2D eigenvalue weighted by molar-refractivity contribution is -0.432. The number of aliphatic hydroxyl groups excluding tert-OH is 30. The van der Waals surface area contributed by atoms with E-state index in [0.29, 0.717) is 13.8 Å². The molecule has 0 unspecified atom stereocenters. The van der Waals surface area contributed by atoms with Gasteiger partial charge in [0.15, 0.2) is 44.0 Å². The van der Waals surface area contributed by atoms with Crippen LogP contribution in [0, 0.1) is 0 Å². The number of carbonyl (C=O) groups excluding carboxylic acids is 4. The van der Waals surface area contributed by atoms with Gasteiger partial charge in [-0.3, -0.25) is 19.2 Å². The van der Waals surface area contributed by atoms with Crippen molar-refractivity contribution >= 4 is 35.6 Å². The summed E-state index contributed by atoms with van der Waals surface area (Å²) in [7, 11) is 0.879. The minimum Gasteiger partial charge on any atom is -0.477 e. The number of methoxy groups -OCH3 is 1. The number of aliphatic carboxylic acids is 2. The summed E-state index contributed by atoms with van der Waals surface area (Å²) in [6.07, 6.45) is -124. The van der Waals surface area contributed by atoms with Crippen LogP contribution >= 0.6 is 0 Å². The summed E-state index contributed by atoms with van der Waals surface area (Å²) in [5.74, 6) is -15.9. The minimum atomic E-state index is -3.73. The summed E-state index contributed by atoms with van der Waals surface area (Å²) in [4.78, 5) is 79.3. The Morgan fingerprint density at radius 1 is 0.333 bits per heavy atom. The van der Waals surface area contributed by atoms with Crippen molar-refractivity contribution in [2.75, 3.05) is 66.6 Å². The number of aliphatic hydroxyl groups is 32. The Bertz CT molecular complexity index is 4240. The molecule has 0 bridgehead atoms. The van der Waals surface area contributed by atoms with Crippen LogP contribution in [-0.2, 0) is 133 Å². The van der Waals surface area contributed by atoms with Crippen molar-refractivity contribution in [3.05, 3.63) is 0 Å². The average Bonchev–Trinajstić information content (AvgIpc) is 0.747. The molecule has 4 amide bonds. The van der Waals surface area contributed by atoms with E-state index >= 15 is 0 Å². The molecular formula is C81H134N4O62. The molecule has 11 rings (SSSR count). The number of nitrogens with one attached hydrogen (secondary N) is 4. The molecule has 0 radical (unpaired) electrons. The molecule has 147 heavy (non-hydrogen) atoms. The molecule has 38 N–H and O–H groups in total. The van der Waals surface area contributed by atoms with Gasteiger partial charge in [-0.15, -0.1) is 0 Å². The van der Waals surface area contributed by atoms with Gasteiger partial charge >= 0.3 is 11.9 Å². The zero-order valence-electron chi connectivity index (χ0n) is 79.0. The van der Waals surface area contributed by atoms with Crippen LogP contribution in [0.5, 0.6) is 0 Å². The lowest BCUT2D eigenvalue weighted by Crippen LogP contribution is -2.77. The number of carboxylic acids is 2. The molecule has 0 aromatic heterocycles. The van der Waals surface area contributed by atoms with E-state index in [0.717, 1.165) is 34.8 Å². The van der Waals surface area contributed by atoms with Crippen molar-refractivity contribution in [3.8, 4) is 0 Å². The molecule has 850 valence electrons. The first kappa shape index (κ1) is 122. The summed E-state index contributed by atoms with van der Waals surface area (Å²) < 4.78 is 131. The third-order valence-corrected chi connectivity index (χ3v) is 26.9. The molecule has 11 saturated heterocycles. The number of hydrogen-bond acceptors (Lipinski definition) is 60. The van der Waals surface area contributed by atoms with Crippen LogP contribution in [0.15, 0.2) is 0 Å². The van der Waals surface area contributed by atoms with E-state index in [1.165, 1.54) is 0 Å². The topological polar surface area (TPSA) is 1040 Å². The Hall–Kier alpha value is -5.34. The molecular weight excluding hydrogens is 2020 g/mol. The van der Waals surface area contributed by atoms with E-state index in [-0.39, 0.29) is 0 Å². The second-order valence-corrected chi connectivity index (χ2v) is 37.2. The summed E-state index contributed by atoms with van der Waals surface area (Å²) in [6, 6.07) is -3.65. The molecule has 0 aromatic carbocycles. The number of carboxylic acid groups (broad SMARTS) is 2. The zero-order valence-corrected chi connectivity index (χ0v) is 79.0.